The molecular weight excluding hydrogens is 208 g/mol. The summed E-state index contributed by atoms with van der Waals surface area (Å²) in [6.07, 6.45) is 9.47. The van der Waals surface area contributed by atoms with Crippen molar-refractivity contribution in [1.82, 2.24) is 5.32 Å². The van der Waals surface area contributed by atoms with Gasteiger partial charge in [-0.2, -0.15) is 0 Å². The Morgan fingerprint density at radius 1 is 0.824 bits per heavy atom. The molecule has 0 aliphatic heterocycles. The molecule has 0 saturated carbocycles. The van der Waals surface area contributed by atoms with E-state index in [9.17, 15) is 0 Å². The van der Waals surface area contributed by atoms with E-state index in [1.54, 1.807) is 0 Å². The molecule has 1 atom stereocenters. The van der Waals surface area contributed by atoms with Gasteiger partial charge in [-0.3, -0.25) is 0 Å². The number of rotatable bonds is 12. The van der Waals surface area contributed by atoms with Gasteiger partial charge < -0.3 is 11.1 Å². The van der Waals surface area contributed by atoms with Gasteiger partial charge >= 0.3 is 0 Å². The van der Waals surface area contributed by atoms with Crippen LogP contribution in [-0.2, 0) is 0 Å². The Hall–Kier alpha value is -0.0800. The standard InChI is InChI=1S/C15H34N2/c1-14(2)9-6-4-5-7-11-17-12-8-10-15(3)13-16/h14-15,17H,4-13,16H2,1-3H3. The van der Waals surface area contributed by atoms with E-state index in [0.29, 0.717) is 5.92 Å². The normalized spacial score (nSPS) is 13.2. The van der Waals surface area contributed by atoms with Gasteiger partial charge in [0, 0.05) is 0 Å². The van der Waals surface area contributed by atoms with Gasteiger partial charge in [-0.1, -0.05) is 46.5 Å². The molecule has 0 aromatic heterocycles. The highest BCUT2D eigenvalue weighted by atomic mass is 14.8. The highest BCUT2D eigenvalue weighted by Gasteiger charge is 1.98. The van der Waals surface area contributed by atoms with Gasteiger partial charge in [0.1, 0.15) is 0 Å². The van der Waals surface area contributed by atoms with Gasteiger partial charge in [0.2, 0.25) is 0 Å². The van der Waals surface area contributed by atoms with E-state index >= 15 is 0 Å². The van der Waals surface area contributed by atoms with Crippen molar-refractivity contribution < 1.29 is 0 Å². The lowest BCUT2D eigenvalue weighted by atomic mass is 10.0. The summed E-state index contributed by atoms with van der Waals surface area (Å²) in [5.41, 5.74) is 5.58. The first-order valence-electron chi connectivity index (χ1n) is 7.57. The van der Waals surface area contributed by atoms with E-state index in [4.69, 9.17) is 5.73 Å². The van der Waals surface area contributed by atoms with E-state index in [-0.39, 0.29) is 0 Å². The molecule has 104 valence electrons. The molecule has 3 N–H and O–H groups in total. The van der Waals surface area contributed by atoms with Crippen LogP contribution < -0.4 is 11.1 Å². The summed E-state index contributed by atoms with van der Waals surface area (Å²) in [5.74, 6) is 1.56. The maximum Gasteiger partial charge on any atom is -0.00488 e. The molecule has 0 amide bonds. The third kappa shape index (κ3) is 13.9. The van der Waals surface area contributed by atoms with Gasteiger partial charge in [0.05, 0.1) is 0 Å². The minimum Gasteiger partial charge on any atom is -0.330 e. The largest absolute Gasteiger partial charge is 0.330 e. The van der Waals surface area contributed by atoms with Crippen LogP contribution >= 0.6 is 0 Å². The second-order valence-electron chi connectivity index (χ2n) is 5.83. The number of hydrogen-bond donors (Lipinski definition) is 2. The van der Waals surface area contributed by atoms with Gasteiger partial charge in [0.25, 0.3) is 0 Å². The first-order valence-corrected chi connectivity index (χ1v) is 7.57. The molecule has 0 rings (SSSR count). The molecule has 0 aromatic carbocycles. The summed E-state index contributed by atoms with van der Waals surface area (Å²) in [4.78, 5) is 0. The Morgan fingerprint density at radius 3 is 2.12 bits per heavy atom. The Kier molecular flexibility index (Phi) is 12.3. The third-order valence-corrected chi connectivity index (χ3v) is 3.34. The maximum absolute atomic E-state index is 5.58. The van der Waals surface area contributed by atoms with Crippen LogP contribution in [-0.4, -0.2) is 19.6 Å². The Morgan fingerprint density at radius 2 is 1.47 bits per heavy atom. The van der Waals surface area contributed by atoms with Crippen molar-refractivity contribution in [2.24, 2.45) is 17.6 Å². The molecule has 0 saturated heterocycles. The number of hydrogen-bond acceptors (Lipinski definition) is 2. The molecule has 2 nitrogen and oxygen atoms in total. The molecule has 0 radical (unpaired) electrons. The zero-order valence-corrected chi connectivity index (χ0v) is 12.3. The van der Waals surface area contributed by atoms with Crippen molar-refractivity contribution in [2.45, 2.75) is 65.7 Å². The topological polar surface area (TPSA) is 38.0 Å². The van der Waals surface area contributed by atoms with Crippen LogP contribution in [0.2, 0.25) is 0 Å². The molecule has 0 aliphatic carbocycles. The molecule has 0 bridgehead atoms. The number of nitrogens with one attached hydrogen (secondary N) is 1. The van der Waals surface area contributed by atoms with Crippen LogP contribution in [0.1, 0.15) is 65.7 Å². The van der Waals surface area contributed by atoms with E-state index in [0.717, 1.165) is 19.0 Å². The zero-order valence-electron chi connectivity index (χ0n) is 12.3. The Labute approximate surface area is 109 Å². The first kappa shape index (κ1) is 16.9. The van der Waals surface area contributed by atoms with E-state index < -0.39 is 0 Å². The average Bonchev–Trinajstić information content (AvgIpc) is 2.30. The smallest absolute Gasteiger partial charge is 0.00488 e. The highest BCUT2D eigenvalue weighted by Crippen LogP contribution is 2.09. The third-order valence-electron chi connectivity index (χ3n) is 3.34. The van der Waals surface area contributed by atoms with Gasteiger partial charge in [-0.15, -0.1) is 0 Å². The summed E-state index contributed by atoms with van der Waals surface area (Å²) in [5, 5.41) is 3.52. The van der Waals surface area contributed by atoms with Crippen LogP contribution in [0.3, 0.4) is 0 Å². The van der Waals surface area contributed by atoms with Crippen LogP contribution in [0, 0.1) is 11.8 Å². The van der Waals surface area contributed by atoms with Crippen molar-refractivity contribution in [3.63, 3.8) is 0 Å². The lowest BCUT2D eigenvalue weighted by Gasteiger charge is -2.09. The highest BCUT2D eigenvalue weighted by molar-refractivity contribution is 4.56. The molecular formula is C15H34N2. The van der Waals surface area contributed by atoms with Crippen LogP contribution in [0.15, 0.2) is 0 Å². The fourth-order valence-electron chi connectivity index (χ4n) is 1.97. The average molecular weight is 242 g/mol. The SMILES string of the molecule is CC(C)CCCCCCNCCCC(C)CN. The van der Waals surface area contributed by atoms with Crippen molar-refractivity contribution in [3.8, 4) is 0 Å². The summed E-state index contributed by atoms with van der Waals surface area (Å²) >= 11 is 0. The predicted octanol–water partition coefficient (Wildman–Crippen LogP) is 3.56. The number of nitrogens with two attached hydrogens (primary N) is 1. The molecule has 2 heteroatoms. The van der Waals surface area contributed by atoms with Crippen molar-refractivity contribution in [3.05, 3.63) is 0 Å². The van der Waals surface area contributed by atoms with Crippen LogP contribution in [0.4, 0.5) is 0 Å². The van der Waals surface area contributed by atoms with E-state index in [2.05, 4.69) is 26.1 Å². The lowest BCUT2D eigenvalue weighted by molar-refractivity contribution is 0.488. The molecule has 17 heavy (non-hydrogen) atoms. The van der Waals surface area contributed by atoms with Crippen molar-refractivity contribution in [2.75, 3.05) is 19.6 Å². The van der Waals surface area contributed by atoms with E-state index in [1.165, 1.54) is 51.5 Å². The van der Waals surface area contributed by atoms with Gasteiger partial charge in [-0.25, -0.2) is 0 Å². The summed E-state index contributed by atoms with van der Waals surface area (Å²) in [7, 11) is 0. The molecule has 0 aromatic rings. The first-order chi connectivity index (χ1) is 8.16. The fourth-order valence-corrected chi connectivity index (χ4v) is 1.97. The quantitative estimate of drug-likeness (QED) is 0.514. The van der Waals surface area contributed by atoms with Crippen molar-refractivity contribution >= 4 is 0 Å². The molecule has 1 unspecified atom stereocenters. The Balaban J connectivity index is 2.99. The molecule has 0 fully saturated rings. The summed E-state index contributed by atoms with van der Waals surface area (Å²) < 4.78 is 0. The monoisotopic (exact) mass is 242 g/mol. The Bertz CT molecular complexity index is 146. The summed E-state index contributed by atoms with van der Waals surface area (Å²) in [6.45, 7) is 10.0. The van der Waals surface area contributed by atoms with Gasteiger partial charge in [-0.05, 0) is 50.7 Å². The minimum absolute atomic E-state index is 0.688. The number of unbranched alkanes of at least 4 members (excludes halogenated alkanes) is 3. The van der Waals surface area contributed by atoms with Crippen LogP contribution in [0.5, 0.6) is 0 Å². The second-order valence-corrected chi connectivity index (χ2v) is 5.83. The van der Waals surface area contributed by atoms with Crippen molar-refractivity contribution in [1.29, 1.82) is 0 Å². The predicted molar refractivity (Wildman–Crippen MR) is 78.2 cm³/mol. The minimum atomic E-state index is 0.688. The summed E-state index contributed by atoms with van der Waals surface area (Å²) in [6, 6.07) is 0. The van der Waals surface area contributed by atoms with Gasteiger partial charge in [0.15, 0.2) is 0 Å². The lowest BCUT2D eigenvalue weighted by Crippen LogP contribution is -2.18. The van der Waals surface area contributed by atoms with Crippen LogP contribution in [0.25, 0.3) is 0 Å². The fraction of sp³-hybridized carbons (Fsp3) is 1.00. The molecule has 0 heterocycles. The zero-order chi connectivity index (χ0) is 12.9. The second kappa shape index (κ2) is 12.4. The van der Waals surface area contributed by atoms with E-state index in [1.807, 2.05) is 0 Å². The molecule has 0 aliphatic rings. The maximum atomic E-state index is 5.58. The molecule has 0 spiro atoms.